The third-order valence-electron chi connectivity index (χ3n) is 5.17. The van der Waals surface area contributed by atoms with Crippen LogP contribution in [0, 0.1) is 11.8 Å². The minimum absolute atomic E-state index is 0.0215. The van der Waals surface area contributed by atoms with Gasteiger partial charge >= 0.3 is 5.97 Å². The van der Waals surface area contributed by atoms with Crippen molar-refractivity contribution in [2.45, 2.75) is 25.8 Å². The van der Waals surface area contributed by atoms with Crippen LogP contribution in [0.2, 0.25) is 0 Å². The summed E-state index contributed by atoms with van der Waals surface area (Å²) in [5.74, 6) is -1.52. The van der Waals surface area contributed by atoms with Crippen LogP contribution in [0.4, 0.5) is 0 Å². The SMILES string of the molecule is COc1ccccc1CNC(=O)COC(=O)CCN1C(=O)[C@H]2CC=CC[C@H]2C1=O. The van der Waals surface area contributed by atoms with Gasteiger partial charge in [0.15, 0.2) is 6.61 Å². The molecule has 0 bridgehead atoms. The highest BCUT2D eigenvalue weighted by atomic mass is 16.5. The summed E-state index contributed by atoms with van der Waals surface area (Å²) in [6.07, 6.45) is 4.80. The van der Waals surface area contributed by atoms with E-state index < -0.39 is 18.5 Å². The van der Waals surface area contributed by atoms with Crippen LogP contribution >= 0.6 is 0 Å². The van der Waals surface area contributed by atoms with Crippen molar-refractivity contribution in [1.29, 1.82) is 0 Å². The Bertz CT molecular complexity index is 808. The topological polar surface area (TPSA) is 102 Å². The van der Waals surface area contributed by atoms with E-state index in [1.54, 1.807) is 13.2 Å². The zero-order valence-electron chi connectivity index (χ0n) is 16.3. The van der Waals surface area contributed by atoms with Crippen molar-refractivity contribution in [1.82, 2.24) is 10.2 Å². The number of para-hydroxylation sites is 1. The number of nitrogens with zero attached hydrogens (tertiary/aromatic N) is 1. The fraction of sp³-hybridized carbons (Fsp3) is 0.429. The molecule has 8 heteroatoms. The third kappa shape index (κ3) is 4.82. The third-order valence-corrected chi connectivity index (χ3v) is 5.17. The summed E-state index contributed by atoms with van der Waals surface area (Å²) < 4.78 is 10.2. The number of carbonyl (C=O) groups is 4. The van der Waals surface area contributed by atoms with Crippen LogP contribution in [-0.2, 0) is 30.5 Å². The minimum atomic E-state index is -0.633. The summed E-state index contributed by atoms with van der Waals surface area (Å²) >= 11 is 0. The highest BCUT2D eigenvalue weighted by molar-refractivity contribution is 6.05. The van der Waals surface area contributed by atoms with Crippen LogP contribution < -0.4 is 10.1 Å². The van der Waals surface area contributed by atoms with Crippen LogP contribution in [-0.4, -0.2) is 48.9 Å². The number of esters is 1. The molecule has 0 spiro atoms. The number of hydrogen-bond donors (Lipinski definition) is 1. The van der Waals surface area contributed by atoms with E-state index >= 15 is 0 Å². The molecule has 1 aromatic carbocycles. The van der Waals surface area contributed by atoms with Crippen LogP contribution in [0.5, 0.6) is 5.75 Å². The Morgan fingerprint density at radius 3 is 2.41 bits per heavy atom. The van der Waals surface area contributed by atoms with E-state index in [9.17, 15) is 19.2 Å². The van der Waals surface area contributed by atoms with Crippen molar-refractivity contribution < 1.29 is 28.7 Å². The molecule has 1 aliphatic carbocycles. The average molecular weight is 400 g/mol. The van der Waals surface area contributed by atoms with Gasteiger partial charge in [0.1, 0.15) is 5.75 Å². The number of nitrogens with one attached hydrogen (secondary N) is 1. The van der Waals surface area contributed by atoms with E-state index in [4.69, 9.17) is 9.47 Å². The molecular weight excluding hydrogens is 376 g/mol. The molecule has 1 fully saturated rings. The molecule has 0 unspecified atom stereocenters. The standard InChI is InChI=1S/C21H24N2O6/c1-28-17-9-5-2-6-14(17)12-22-18(24)13-29-19(25)10-11-23-20(26)15-7-3-4-8-16(15)21(23)27/h2-6,9,15-16H,7-8,10-13H2,1H3,(H,22,24)/t15-,16+. The zero-order chi connectivity index (χ0) is 20.8. The number of ether oxygens (including phenoxy) is 2. The highest BCUT2D eigenvalue weighted by Crippen LogP contribution is 2.34. The number of methoxy groups -OCH3 is 1. The van der Waals surface area contributed by atoms with Gasteiger partial charge in [-0.1, -0.05) is 30.4 Å². The molecule has 0 saturated carbocycles. The quantitative estimate of drug-likeness (QED) is 0.400. The first-order valence-electron chi connectivity index (χ1n) is 9.55. The van der Waals surface area contributed by atoms with Gasteiger partial charge in [-0.3, -0.25) is 24.1 Å². The number of likely N-dealkylation sites (tertiary alicyclic amines) is 1. The normalized spacial score (nSPS) is 20.4. The Balaban J connectivity index is 1.39. The Labute approximate surface area is 168 Å². The number of allylic oxidation sites excluding steroid dienone is 2. The maximum Gasteiger partial charge on any atom is 0.308 e. The number of fused-ring (bicyclic) bond motifs is 1. The molecule has 1 aliphatic heterocycles. The highest BCUT2D eigenvalue weighted by Gasteiger charge is 2.46. The molecule has 8 nitrogen and oxygen atoms in total. The van der Waals surface area contributed by atoms with E-state index in [0.29, 0.717) is 18.6 Å². The first-order valence-corrected chi connectivity index (χ1v) is 9.55. The molecular formula is C21H24N2O6. The van der Waals surface area contributed by atoms with Crippen LogP contribution in [0.15, 0.2) is 36.4 Å². The Hall–Kier alpha value is -3.16. The lowest BCUT2D eigenvalue weighted by molar-refractivity contribution is -0.150. The summed E-state index contributed by atoms with van der Waals surface area (Å²) in [6, 6.07) is 7.27. The van der Waals surface area contributed by atoms with Gasteiger partial charge in [0, 0.05) is 18.7 Å². The van der Waals surface area contributed by atoms with Crippen molar-refractivity contribution >= 4 is 23.7 Å². The van der Waals surface area contributed by atoms with Gasteiger partial charge in [0.2, 0.25) is 11.8 Å². The zero-order valence-corrected chi connectivity index (χ0v) is 16.3. The summed E-state index contributed by atoms with van der Waals surface area (Å²) in [5, 5.41) is 2.65. The van der Waals surface area contributed by atoms with Gasteiger partial charge in [-0.15, -0.1) is 0 Å². The molecule has 0 aromatic heterocycles. The molecule has 3 amide bonds. The van der Waals surface area contributed by atoms with Crippen molar-refractivity contribution in [2.75, 3.05) is 20.3 Å². The largest absolute Gasteiger partial charge is 0.496 e. The number of benzene rings is 1. The predicted molar refractivity (Wildman–Crippen MR) is 102 cm³/mol. The van der Waals surface area contributed by atoms with Crippen LogP contribution in [0.3, 0.4) is 0 Å². The number of rotatable bonds is 8. The van der Waals surface area contributed by atoms with Gasteiger partial charge in [-0.2, -0.15) is 0 Å². The smallest absolute Gasteiger partial charge is 0.308 e. The van der Waals surface area contributed by atoms with Gasteiger partial charge < -0.3 is 14.8 Å². The maximum absolute atomic E-state index is 12.3. The van der Waals surface area contributed by atoms with Gasteiger partial charge in [-0.05, 0) is 18.9 Å². The number of amides is 3. The molecule has 2 aliphatic rings. The monoisotopic (exact) mass is 400 g/mol. The second-order valence-corrected chi connectivity index (χ2v) is 6.98. The first kappa shape index (κ1) is 20.6. The van der Waals surface area contributed by atoms with Gasteiger partial charge in [0.05, 0.1) is 25.4 Å². The fourth-order valence-electron chi connectivity index (χ4n) is 3.60. The predicted octanol–water partition coefficient (Wildman–Crippen LogP) is 1.20. The lowest BCUT2D eigenvalue weighted by atomic mass is 9.85. The molecule has 1 saturated heterocycles. The van der Waals surface area contributed by atoms with E-state index in [1.165, 1.54) is 0 Å². The van der Waals surface area contributed by atoms with Crippen LogP contribution in [0.1, 0.15) is 24.8 Å². The Morgan fingerprint density at radius 2 is 1.76 bits per heavy atom. The van der Waals surface area contributed by atoms with E-state index in [1.807, 2.05) is 30.4 Å². The fourth-order valence-corrected chi connectivity index (χ4v) is 3.60. The van der Waals surface area contributed by atoms with E-state index in [0.717, 1.165) is 10.5 Å². The summed E-state index contributed by atoms with van der Waals surface area (Å²) in [7, 11) is 1.55. The number of hydrogen-bond acceptors (Lipinski definition) is 6. The van der Waals surface area contributed by atoms with Gasteiger partial charge in [0.25, 0.3) is 5.91 Å². The summed E-state index contributed by atoms with van der Waals surface area (Å²) in [4.78, 5) is 49.7. The lowest BCUT2D eigenvalue weighted by Crippen LogP contribution is -2.34. The van der Waals surface area contributed by atoms with Crippen molar-refractivity contribution in [3.05, 3.63) is 42.0 Å². The number of imide groups is 1. The minimum Gasteiger partial charge on any atom is -0.496 e. The molecule has 154 valence electrons. The molecule has 29 heavy (non-hydrogen) atoms. The van der Waals surface area contributed by atoms with E-state index in [2.05, 4.69) is 5.32 Å². The second kappa shape index (κ2) is 9.36. The molecule has 0 radical (unpaired) electrons. The summed E-state index contributed by atoms with van der Waals surface area (Å²) in [5.41, 5.74) is 0.802. The first-order chi connectivity index (χ1) is 14.0. The van der Waals surface area contributed by atoms with Crippen LogP contribution in [0.25, 0.3) is 0 Å². The molecule has 2 atom stereocenters. The maximum atomic E-state index is 12.3. The van der Waals surface area contributed by atoms with Crippen molar-refractivity contribution in [3.63, 3.8) is 0 Å². The molecule has 1 N–H and O–H groups in total. The average Bonchev–Trinajstić information content (AvgIpc) is 2.99. The summed E-state index contributed by atoms with van der Waals surface area (Å²) in [6.45, 7) is -0.203. The Morgan fingerprint density at radius 1 is 1.10 bits per heavy atom. The van der Waals surface area contributed by atoms with E-state index in [-0.39, 0.29) is 43.2 Å². The molecule has 1 aromatic rings. The van der Waals surface area contributed by atoms with Crippen molar-refractivity contribution in [3.8, 4) is 5.75 Å². The lowest BCUT2D eigenvalue weighted by Gasteiger charge is -2.14. The second-order valence-electron chi connectivity index (χ2n) is 6.98. The molecule has 1 heterocycles. The number of carbonyl (C=O) groups excluding carboxylic acids is 4. The molecule has 3 rings (SSSR count). The van der Waals surface area contributed by atoms with Gasteiger partial charge in [-0.25, -0.2) is 0 Å². The Kier molecular flexibility index (Phi) is 6.64. The van der Waals surface area contributed by atoms with Crippen molar-refractivity contribution in [2.24, 2.45) is 11.8 Å².